The van der Waals surface area contributed by atoms with Crippen LogP contribution in [0.15, 0.2) is 22.7 Å². The third-order valence-corrected chi connectivity index (χ3v) is 3.22. The van der Waals surface area contributed by atoms with Crippen LogP contribution in [0.1, 0.15) is 31.7 Å². The predicted octanol–water partition coefficient (Wildman–Crippen LogP) is 3.69. The summed E-state index contributed by atoms with van der Waals surface area (Å²) >= 11 is 8.51. The molecule has 1 rings (SSSR count). The van der Waals surface area contributed by atoms with Crippen LogP contribution in [0.4, 0.5) is 5.69 Å². The number of anilines is 1. The van der Waals surface area contributed by atoms with Crippen LogP contribution in [0.25, 0.3) is 0 Å². The summed E-state index contributed by atoms with van der Waals surface area (Å²) in [7, 11) is 0. The molecule has 0 radical (unpaired) electrons. The molecule has 0 fully saturated rings. The summed E-state index contributed by atoms with van der Waals surface area (Å²) in [6, 6.07) is 5.94. The minimum absolute atomic E-state index is 0.422. The SMILES string of the molecule is CCCCCNc1cccc(Br)c1C(N)=S. The molecule has 0 atom stereocenters. The van der Waals surface area contributed by atoms with Gasteiger partial charge in [-0.15, -0.1) is 0 Å². The van der Waals surface area contributed by atoms with Crippen LogP contribution in [0, 0.1) is 0 Å². The van der Waals surface area contributed by atoms with Gasteiger partial charge in [0.15, 0.2) is 0 Å². The van der Waals surface area contributed by atoms with Gasteiger partial charge in [0, 0.05) is 22.3 Å². The molecule has 0 spiro atoms. The van der Waals surface area contributed by atoms with Crippen molar-refractivity contribution >= 4 is 38.8 Å². The number of thiocarbonyl (C=S) groups is 1. The first kappa shape index (κ1) is 13.5. The second kappa shape index (κ2) is 6.86. The Kier molecular flexibility index (Phi) is 5.77. The zero-order chi connectivity index (χ0) is 12.0. The lowest BCUT2D eigenvalue weighted by atomic mass is 10.1. The van der Waals surface area contributed by atoms with E-state index < -0.39 is 0 Å². The van der Waals surface area contributed by atoms with Crippen molar-refractivity contribution in [2.75, 3.05) is 11.9 Å². The fraction of sp³-hybridized carbons (Fsp3) is 0.417. The fourth-order valence-electron chi connectivity index (χ4n) is 1.52. The zero-order valence-corrected chi connectivity index (χ0v) is 11.8. The number of halogens is 1. The minimum Gasteiger partial charge on any atom is -0.389 e. The molecule has 0 aliphatic carbocycles. The smallest absolute Gasteiger partial charge is 0.107 e. The molecule has 0 saturated carbocycles. The maximum atomic E-state index is 5.71. The number of hydrogen-bond donors (Lipinski definition) is 2. The molecule has 0 aliphatic heterocycles. The Morgan fingerprint density at radius 2 is 2.19 bits per heavy atom. The van der Waals surface area contributed by atoms with Crippen molar-refractivity contribution in [3.8, 4) is 0 Å². The number of benzene rings is 1. The normalized spacial score (nSPS) is 10.1. The zero-order valence-electron chi connectivity index (χ0n) is 9.42. The van der Waals surface area contributed by atoms with Crippen LogP contribution in [-0.4, -0.2) is 11.5 Å². The second-order valence-corrected chi connectivity index (χ2v) is 4.95. The molecule has 4 heteroatoms. The van der Waals surface area contributed by atoms with Gasteiger partial charge in [0.1, 0.15) is 4.99 Å². The highest BCUT2D eigenvalue weighted by molar-refractivity contribution is 9.10. The molecule has 3 N–H and O–H groups in total. The van der Waals surface area contributed by atoms with Crippen LogP contribution in [0.2, 0.25) is 0 Å². The molecule has 16 heavy (non-hydrogen) atoms. The van der Waals surface area contributed by atoms with E-state index in [9.17, 15) is 0 Å². The maximum Gasteiger partial charge on any atom is 0.107 e. The third-order valence-electron chi connectivity index (χ3n) is 2.36. The van der Waals surface area contributed by atoms with E-state index in [4.69, 9.17) is 18.0 Å². The molecule has 0 bridgehead atoms. The van der Waals surface area contributed by atoms with E-state index in [1.54, 1.807) is 0 Å². The van der Waals surface area contributed by atoms with Crippen molar-refractivity contribution in [3.05, 3.63) is 28.2 Å². The lowest BCUT2D eigenvalue weighted by Crippen LogP contribution is -2.14. The molecular weight excluding hydrogens is 284 g/mol. The first-order valence-electron chi connectivity index (χ1n) is 5.49. The quantitative estimate of drug-likeness (QED) is 0.622. The van der Waals surface area contributed by atoms with Gasteiger partial charge in [0.05, 0.1) is 0 Å². The molecule has 0 amide bonds. The highest BCUT2D eigenvalue weighted by Crippen LogP contribution is 2.24. The average molecular weight is 301 g/mol. The van der Waals surface area contributed by atoms with Gasteiger partial charge in [-0.2, -0.15) is 0 Å². The lowest BCUT2D eigenvalue weighted by molar-refractivity contribution is 0.744. The fourth-order valence-corrected chi connectivity index (χ4v) is 2.45. The van der Waals surface area contributed by atoms with Crippen molar-refractivity contribution in [2.24, 2.45) is 5.73 Å². The summed E-state index contributed by atoms with van der Waals surface area (Å²) in [4.78, 5) is 0.422. The monoisotopic (exact) mass is 300 g/mol. The topological polar surface area (TPSA) is 38.0 Å². The highest BCUT2D eigenvalue weighted by Gasteiger charge is 2.08. The van der Waals surface area contributed by atoms with E-state index in [-0.39, 0.29) is 0 Å². The molecule has 0 aliphatic rings. The van der Waals surface area contributed by atoms with Crippen LogP contribution in [-0.2, 0) is 0 Å². The Bertz CT molecular complexity index is 366. The Morgan fingerprint density at radius 1 is 1.44 bits per heavy atom. The van der Waals surface area contributed by atoms with Gasteiger partial charge in [-0.25, -0.2) is 0 Å². The largest absolute Gasteiger partial charge is 0.389 e. The van der Waals surface area contributed by atoms with Crippen molar-refractivity contribution in [1.29, 1.82) is 0 Å². The molecule has 1 aromatic carbocycles. The van der Waals surface area contributed by atoms with E-state index in [1.807, 2.05) is 18.2 Å². The van der Waals surface area contributed by atoms with E-state index in [2.05, 4.69) is 28.2 Å². The molecule has 0 heterocycles. The Hall–Kier alpha value is -0.610. The Labute approximate surface area is 111 Å². The van der Waals surface area contributed by atoms with Gasteiger partial charge < -0.3 is 11.1 Å². The van der Waals surface area contributed by atoms with Crippen LogP contribution in [0.5, 0.6) is 0 Å². The molecule has 1 aromatic rings. The summed E-state index contributed by atoms with van der Waals surface area (Å²) in [6.45, 7) is 3.15. The molecule has 0 aromatic heterocycles. The Morgan fingerprint density at radius 3 is 2.81 bits per heavy atom. The van der Waals surface area contributed by atoms with Gasteiger partial charge >= 0.3 is 0 Å². The molecule has 0 unspecified atom stereocenters. The van der Waals surface area contributed by atoms with Crippen molar-refractivity contribution in [2.45, 2.75) is 26.2 Å². The average Bonchev–Trinajstić information content (AvgIpc) is 2.24. The van der Waals surface area contributed by atoms with Gasteiger partial charge in [-0.1, -0.05) is 38.0 Å². The lowest BCUT2D eigenvalue weighted by Gasteiger charge is -2.12. The summed E-state index contributed by atoms with van der Waals surface area (Å²) in [5.41, 5.74) is 7.62. The van der Waals surface area contributed by atoms with Gasteiger partial charge in [-0.3, -0.25) is 0 Å². The number of unbranched alkanes of at least 4 members (excludes halogenated alkanes) is 2. The van der Waals surface area contributed by atoms with E-state index in [0.717, 1.165) is 22.3 Å². The standard InChI is InChI=1S/C12H17BrN2S/c1-2-3-4-8-15-10-7-5-6-9(13)11(10)12(14)16/h5-7,15H,2-4,8H2,1H3,(H2,14,16). The van der Waals surface area contributed by atoms with Crippen molar-refractivity contribution in [1.82, 2.24) is 0 Å². The van der Waals surface area contributed by atoms with E-state index in [1.165, 1.54) is 19.3 Å². The minimum atomic E-state index is 0.422. The molecule has 0 saturated heterocycles. The molecular formula is C12H17BrN2S. The van der Waals surface area contributed by atoms with Gasteiger partial charge in [0.2, 0.25) is 0 Å². The molecule has 2 nitrogen and oxygen atoms in total. The first-order chi connectivity index (χ1) is 7.66. The summed E-state index contributed by atoms with van der Waals surface area (Å²) in [5, 5.41) is 3.37. The van der Waals surface area contributed by atoms with E-state index >= 15 is 0 Å². The van der Waals surface area contributed by atoms with Gasteiger partial charge in [0.25, 0.3) is 0 Å². The summed E-state index contributed by atoms with van der Waals surface area (Å²) in [5.74, 6) is 0. The first-order valence-corrected chi connectivity index (χ1v) is 6.69. The molecule has 88 valence electrons. The van der Waals surface area contributed by atoms with Crippen LogP contribution < -0.4 is 11.1 Å². The number of rotatable bonds is 6. The highest BCUT2D eigenvalue weighted by atomic mass is 79.9. The van der Waals surface area contributed by atoms with E-state index in [0.29, 0.717) is 4.99 Å². The van der Waals surface area contributed by atoms with Crippen LogP contribution >= 0.6 is 28.1 Å². The van der Waals surface area contributed by atoms with Gasteiger partial charge in [-0.05, 0) is 34.5 Å². The number of nitrogens with one attached hydrogen (secondary N) is 1. The maximum absolute atomic E-state index is 5.71. The van der Waals surface area contributed by atoms with Crippen molar-refractivity contribution < 1.29 is 0 Å². The summed E-state index contributed by atoms with van der Waals surface area (Å²) < 4.78 is 0.945. The predicted molar refractivity (Wildman–Crippen MR) is 78.0 cm³/mol. The number of nitrogens with two attached hydrogens (primary N) is 1. The Balaban J connectivity index is 2.71. The second-order valence-electron chi connectivity index (χ2n) is 3.66. The summed E-state index contributed by atoms with van der Waals surface area (Å²) in [6.07, 6.45) is 3.63. The van der Waals surface area contributed by atoms with Crippen molar-refractivity contribution in [3.63, 3.8) is 0 Å². The van der Waals surface area contributed by atoms with Crippen LogP contribution in [0.3, 0.4) is 0 Å². The number of hydrogen-bond acceptors (Lipinski definition) is 2. The third kappa shape index (κ3) is 3.76.